The molecule has 5 heteroatoms. The van der Waals surface area contributed by atoms with Crippen LogP contribution in [0.25, 0.3) is 11.0 Å². The monoisotopic (exact) mass is 390 g/mol. The lowest BCUT2D eigenvalue weighted by atomic mass is 10.0. The number of amides is 1. The van der Waals surface area contributed by atoms with Gasteiger partial charge in [-0.3, -0.25) is 9.69 Å². The fourth-order valence-electron chi connectivity index (χ4n) is 5.01. The molecule has 5 nitrogen and oxygen atoms in total. The van der Waals surface area contributed by atoms with E-state index in [2.05, 4.69) is 46.6 Å². The fourth-order valence-corrected chi connectivity index (χ4v) is 5.01. The van der Waals surface area contributed by atoms with Crippen molar-refractivity contribution in [3.63, 3.8) is 0 Å². The van der Waals surface area contributed by atoms with Crippen LogP contribution in [0.15, 0.2) is 59.0 Å². The van der Waals surface area contributed by atoms with Gasteiger partial charge in [-0.1, -0.05) is 42.5 Å². The van der Waals surface area contributed by atoms with Crippen LogP contribution in [0.2, 0.25) is 0 Å². The molecule has 29 heavy (non-hydrogen) atoms. The molecule has 0 bridgehead atoms. The van der Waals surface area contributed by atoms with Crippen LogP contribution in [-0.4, -0.2) is 30.0 Å². The van der Waals surface area contributed by atoms with E-state index < -0.39 is 0 Å². The molecule has 0 saturated carbocycles. The first-order chi connectivity index (χ1) is 14.2. The number of likely N-dealkylation sites (tertiary alicyclic amines) is 1. The van der Waals surface area contributed by atoms with E-state index >= 15 is 0 Å². The molecule has 3 aromatic rings. The van der Waals surface area contributed by atoms with Crippen molar-refractivity contribution in [2.45, 2.75) is 50.4 Å². The zero-order valence-corrected chi connectivity index (χ0v) is 16.6. The largest absolute Gasteiger partial charge is 0.493 e. The Hall–Kier alpha value is -2.79. The number of nitrogens with zero attached hydrogens (tertiary/aromatic N) is 1. The molecule has 0 radical (unpaired) electrons. The second-order valence-corrected chi connectivity index (χ2v) is 8.06. The predicted octanol–water partition coefficient (Wildman–Crippen LogP) is 4.43. The van der Waals surface area contributed by atoms with Crippen molar-refractivity contribution >= 4 is 16.9 Å². The van der Waals surface area contributed by atoms with Crippen LogP contribution in [0.5, 0.6) is 5.75 Å². The molecular formula is C24H26N2O3. The molecule has 1 amide bonds. The molecule has 150 valence electrons. The van der Waals surface area contributed by atoms with Gasteiger partial charge in [0.2, 0.25) is 5.91 Å². The minimum Gasteiger partial charge on any atom is -0.493 e. The molecule has 1 aromatic heterocycles. The van der Waals surface area contributed by atoms with E-state index in [-0.39, 0.29) is 18.0 Å². The quantitative estimate of drug-likeness (QED) is 0.716. The second-order valence-electron chi connectivity index (χ2n) is 8.06. The Kier molecular flexibility index (Phi) is 4.76. The fraction of sp³-hybridized carbons (Fsp3) is 0.375. The first-order valence-electron chi connectivity index (χ1n) is 10.4. The van der Waals surface area contributed by atoms with Crippen LogP contribution in [0.3, 0.4) is 0 Å². The molecule has 0 spiro atoms. The van der Waals surface area contributed by atoms with Gasteiger partial charge >= 0.3 is 0 Å². The average Bonchev–Trinajstić information content (AvgIpc) is 3.24. The Morgan fingerprint density at radius 1 is 1.17 bits per heavy atom. The summed E-state index contributed by atoms with van der Waals surface area (Å²) in [6.07, 6.45) is 3.51. The third-order valence-electron chi connectivity index (χ3n) is 6.32. The van der Waals surface area contributed by atoms with E-state index in [1.165, 1.54) is 5.56 Å². The number of methoxy groups -OCH3 is 1. The van der Waals surface area contributed by atoms with Crippen molar-refractivity contribution in [2.75, 3.05) is 7.11 Å². The first kappa shape index (κ1) is 18.3. The average molecular weight is 390 g/mol. The van der Waals surface area contributed by atoms with Crippen LogP contribution < -0.4 is 10.1 Å². The predicted molar refractivity (Wildman–Crippen MR) is 112 cm³/mol. The Morgan fingerprint density at radius 2 is 2.03 bits per heavy atom. The van der Waals surface area contributed by atoms with Crippen LogP contribution in [0.1, 0.15) is 43.0 Å². The number of carbonyl (C=O) groups is 1. The number of hydrogen-bond acceptors (Lipinski definition) is 4. The third-order valence-corrected chi connectivity index (χ3v) is 6.32. The summed E-state index contributed by atoms with van der Waals surface area (Å²) in [5.41, 5.74) is 2.09. The van der Waals surface area contributed by atoms with Crippen molar-refractivity contribution in [1.29, 1.82) is 0 Å². The summed E-state index contributed by atoms with van der Waals surface area (Å²) in [4.78, 5) is 14.7. The first-order valence-corrected chi connectivity index (χ1v) is 10.4. The zero-order chi connectivity index (χ0) is 19.8. The third kappa shape index (κ3) is 3.40. The number of ether oxygens (including phenoxy) is 1. The standard InChI is InChI=1S/C24H26N2O3/c1-28-22-11-5-9-17-13-18(29-24(17)22)15-26-20-10-6-12-23(27)25-19(20)14-21(26)16-7-3-2-4-8-16/h2-5,7-9,11,13,19-21H,6,10,12,14-15H2,1H3,(H,25,27)/t19-,20+,21+/m0/s1. The van der Waals surface area contributed by atoms with Gasteiger partial charge < -0.3 is 14.5 Å². The van der Waals surface area contributed by atoms with E-state index in [1.807, 2.05) is 18.2 Å². The highest BCUT2D eigenvalue weighted by Gasteiger charge is 2.43. The molecule has 1 N–H and O–H groups in total. The smallest absolute Gasteiger partial charge is 0.220 e. The van der Waals surface area contributed by atoms with Gasteiger partial charge in [-0.05, 0) is 37.0 Å². The van der Waals surface area contributed by atoms with E-state index in [4.69, 9.17) is 9.15 Å². The van der Waals surface area contributed by atoms with Gasteiger partial charge in [-0.2, -0.15) is 0 Å². The number of fused-ring (bicyclic) bond motifs is 2. The van der Waals surface area contributed by atoms with Gasteiger partial charge in [0, 0.05) is 29.9 Å². The maximum atomic E-state index is 12.2. The van der Waals surface area contributed by atoms with Gasteiger partial charge in [0.1, 0.15) is 5.76 Å². The van der Waals surface area contributed by atoms with Gasteiger partial charge in [0.05, 0.1) is 13.7 Å². The molecule has 2 fully saturated rings. The van der Waals surface area contributed by atoms with Crippen molar-refractivity contribution in [2.24, 2.45) is 0 Å². The number of hydrogen-bond donors (Lipinski definition) is 1. The number of para-hydroxylation sites is 1. The van der Waals surface area contributed by atoms with E-state index in [9.17, 15) is 4.79 Å². The SMILES string of the molecule is COc1cccc2cc(CN3[C@@H](c4ccccc4)C[C@@H]4NC(=O)CCC[C@H]43)oc12. The molecule has 2 aliphatic rings. The highest BCUT2D eigenvalue weighted by molar-refractivity contribution is 5.83. The topological polar surface area (TPSA) is 54.7 Å². The minimum absolute atomic E-state index is 0.180. The maximum absolute atomic E-state index is 12.2. The Bertz CT molecular complexity index is 1010. The lowest BCUT2D eigenvalue weighted by Gasteiger charge is -2.30. The van der Waals surface area contributed by atoms with Crippen LogP contribution >= 0.6 is 0 Å². The summed E-state index contributed by atoms with van der Waals surface area (Å²) < 4.78 is 11.7. The zero-order valence-electron chi connectivity index (χ0n) is 16.6. The summed E-state index contributed by atoms with van der Waals surface area (Å²) >= 11 is 0. The van der Waals surface area contributed by atoms with Gasteiger partial charge in [-0.15, -0.1) is 0 Å². The Labute approximate surface area is 170 Å². The van der Waals surface area contributed by atoms with Gasteiger partial charge in [0.15, 0.2) is 11.3 Å². The summed E-state index contributed by atoms with van der Waals surface area (Å²) in [7, 11) is 1.67. The molecule has 5 rings (SSSR count). The number of carbonyl (C=O) groups excluding carboxylic acids is 1. The normalized spacial score (nSPS) is 24.9. The highest BCUT2D eigenvalue weighted by Crippen LogP contribution is 2.41. The molecule has 3 heterocycles. The van der Waals surface area contributed by atoms with Crippen LogP contribution in [0.4, 0.5) is 0 Å². The number of benzene rings is 2. The number of rotatable bonds is 4. The molecule has 2 aromatic carbocycles. The summed E-state index contributed by atoms with van der Waals surface area (Å²) in [6, 6.07) is 19.5. The molecule has 3 atom stereocenters. The molecule has 2 saturated heterocycles. The van der Waals surface area contributed by atoms with Gasteiger partial charge in [-0.25, -0.2) is 0 Å². The number of nitrogens with one attached hydrogen (secondary N) is 1. The van der Waals surface area contributed by atoms with Crippen molar-refractivity contribution in [1.82, 2.24) is 10.2 Å². The molecule has 0 unspecified atom stereocenters. The van der Waals surface area contributed by atoms with E-state index in [1.54, 1.807) is 7.11 Å². The van der Waals surface area contributed by atoms with E-state index in [0.29, 0.717) is 19.0 Å². The summed E-state index contributed by atoms with van der Waals surface area (Å²) in [5, 5.41) is 4.33. The lowest BCUT2D eigenvalue weighted by Crippen LogP contribution is -2.42. The van der Waals surface area contributed by atoms with Crippen molar-refractivity contribution < 1.29 is 13.9 Å². The lowest BCUT2D eigenvalue weighted by molar-refractivity contribution is -0.121. The Balaban J connectivity index is 1.50. The second kappa shape index (κ2) is 7.56. The number of furan rings is 1. The Morgan fingerprint density at radius 3 is 2.86 bits per heavy atom. The minimum atomic E-state index is 0.180. The van der Waals surface area contributed by atoms with Crippen molar-refractivity contribution in [3.8, 4) is 5.75 Å². The summed E-state index contributed by atoms with van der Waals surface area (Å²) in [5.74, 6) is 1.87. The van der Waals surface area contributed by atoms with Gasteiger partial charge in [0.25, 0.3) is 0 Å². The summed E-state index contributed by atoms with van der Waals surface area (Å²) in [6.45, 7) is 0.717. The maximum Gasteiger partial charge on any atom is 0.220 e. The van der Waals surface area contributed by atoms with Crippen LogP contribution in [-0.2, 0) is 11.3 Å². The van der Waals surface area contributed by atoms with Crippen molar-refractivity contribution in [3.05, 3.63) is 65.9 Å². The molecule has 0 aliphatic carbocycles. The highest BCUT2D eigenvalue weighted by atomic mass is 16.5. The molecule has 2 aliphatic heterocycles. The van der Waals surface area contributed by atoms with Crippen LogP contribution in [0, 0.1) is 0 Å². The van der Waals surface area contributed by atoms with E-state index in [0.717, 1.165) is 41.7 Å². The molecular weight excluding hydrogens is 364 g/mol.